The Morgan fingerprint density at radius 1 is 1.69 bits per heavy atom. The van der Waals surface area contributed by atoms with Crippen LogP contribution in [0.5, 0.6) is 0 Å². The van der Waals surface area contributed by atoms with E-state index < -0.39 is 12.5 Å². The summed E-state index contributed by atoms with van der Waals surface area (Å²) in [6.07, 6.45) is 0.905. The van der Waals surface area contributed by atoms with E-state index in [4.69, 9.17) is 5.84 Å². The number of hydrazine groups is 1. The van der Waals surface area contributed by atoms with Crippen LogP contribution in [0.2, 0.25) is 0 Å². The zero-order valence-corrected chi connectivity index (χ0v) is 7.24. The van der Waals surface area contributed by atoms with Gasteiger partial charge in [0.25, 0.3) is 6.43 Å². The molecule has 0 amide bonds. The fourth-order valence-corrected chi connectivity index (χ4v) is 1.01. The van der Waals surface area contributed by atoms with Gasteiger partial charge in [-0.25, -0.2) is 13.8 Å². The predicted octanol–water partition coefficient (Wildman–Crippen LogP) is 0.0596. The van der Waals surface area contributed by atoms with E-state index >= 15 is 0 Å². The van der Waals surface area contributed by atoms with Crippen LogP contribution in [-0.4, -0.2) is 22.0 Å². The van der Waals surface area contributed by atoms with Crippen LogP contribution in [0.4, 0.5) is 8.78 Å². The van der Waals surface area contributed by atoms with E-state index in [1.807, 2.05) is 0 Å². The monoisotopic (exact) mass is 190 g/mol. The fraction of sp³-hybridized carbons (Fsp3) is 0.571. The van der Waals surface area contributed by atoms with Crippen molar-refractivity contribution in [3.8, 4) is 0 Å². The second-order valence-electron chi connectivity index (χ2n) is 2.77. The van der Waals surface area contributed by atoms with Crippen LogP contribution in [0.3, 0.4) is 0 Å². The molecular weight excluding hydrogens is 178 g/mol. The topological polar surface area (TPSA) is 55.9 Å². The van der Waals surface area contributed by atoms with Crippen molar-refractivity contribution in [1.29, 1.82) is 0 Å². The first-order chi connectivity index (χ1) is 6.15. The molecule has 1 aromatic heterocycles. The maximum Gasteiger partial charge on any atom is 0.255 e. The minimum absolute atomic E-state index is 0.123. The van der Waals surface area contributed by atoms with Crippen LogP contribution in [0, 0.1) is 0 Å². The Labute approximate surface area is 74.7 Å². The normalized spacial score (nSPS) is 13.6. The Morgan fingerprint density at radius 3 is 2.77 bits per heavy atom. The molecule has 0 aliphatic heterocycles. The van der Waals surface area contributed by atoms with Gasteiger partial charge in [-0.1, -0.05) is 0 Å². The smallest absolute Gasteiger partial charge is 0.255 e. The SMILES string of the molecule is Cn1ccnc1CC(NN)C(F)F. The van der Waals surface area contributed by atoms with Gasteiger partial charge in [0.15, 0.2) is 0 Å². The number of nitrogens with one attached hydrogen (secondary N) is 1. The largest absolute Gasteiger partial charge is 0.338 e. The number of nitrogens with zero attached hydrogens (tertiary/aromatic N) is 2. The molecule has 1 atom stereocenters. The summed E-state index contributed by atoms with van der Waals surface area (Å²) in [5, 5.41) is 0. The molecule has 4 nitrogen and oxygen atoms in total. The third kappa shape index (κ3) is 2.46. The standard InChI is InChI=1S/C7H12F2N4/c1-13-3-2-11-6(13)4-5(12-10)7(8)9/h2-3,5,7,12H,4,10H2,1H3. The number of aryl methyl sites for hydroxylation is 1. The molecule has 0 saturated carbocycles. The number of alkyl halides is 2. The number of imidazole rings is 1. The zero-order valence-electron chi connectivity index (χ0n) is 7.24. The van der Waals surface area contributed by atoms with Gasteiger partial charge < -0.3 is 4.57 Å². The number of rotatable bonds is 4. The summed E-state index contributed by atoms with van der Waals surface area (Å²) in [4.78, 5) is 3.92. The molecular formula is C7H12F2N4. The van der Waals surface area contributed by atoms with Crippen molar-refractivity contribution in [2.45, 2.75) is 18.9 Å². The molecule has 0 saturated heterocycles. The first-order valence-electron chi connectivity index (χ1n) is 3.85. The van der Waals surface area contributed by atoms with Gasteiger partial charge in [0.2, 0.25) is 0 Å². The minimum atomic E-state index is -2.48. The Kier molecular flexibility index (Phi) is 3.32. The third-order valence-corrected chi connectivity index (χ3v) is 1.84. The fourth-order valence-electron chi connectivity index (χ4n) is 1.01. The van der Waals surface area contributed by atoms with E-state index in [-0.39, 0.29) is 6.42 Å². The summed E-state index contributed by atoms with van der Waals surface area (Å²) in [6.45, 7) is 0. The minimum Gasteiger partial charge on any atom is -0.338 e. The van der Waals surface area contributed by atoms with E-state index in [9.17, 15) is 8.78 Å². The molecule has 1 aromatic rings. The lowest BCUT2D eigenvalue weighted by Crippen LogP contribution is -2.42. The maximum absolute atomic E-state index is 12.2. The predicted molar refractivity (Wildman–Crippen MR) is 44.0 cm³/mol. The van der Waals surface area contributed by atoms with Gasteiger partial charge >= 0.3 is 0 Å². The molecule has 6 heteroatoms. The second kappa shape index (κ2) is 4.29. The van der Waals surface area contributed by atoms with Gasteiger partial charge in [-0.05, 0) is 0 Å². The number of aromatic nitrogens is 2. The molecule has 3 N–H and O–H groups in total. The van der Waals surface area contributed by atoms with E-state index in [0.717, 1.165) is 0 Å². The van der Waals surface area contributed by atoms with Gasteiger partial charge in [0, 0.05) is 25.9 Å². The van der Waals surface area contributed by atoms with Crippen molar-refractivity contribution >= 4 is 0 Å². The third-order valence-electron chi connectivity index (χ3n) is 1.84. The first kappa shape index (κ1) is 10.1. The van der Waals surface area contributed by atoms with Crippen LogP contribution in [-0.2, 0) is 13.5 Å². The van der Waals surface area contributed by atoms with Crippen LogP contribution in [0.25, 0.3) is 0 Å². The molecule has 1 heterocycles. The lowest BCUT2D eigenvalue weighted by Gasteiger charge is -2.13. The van der Waals surface area contributed by atoms with Gasteiger partial charge in [-0.3, -0.25) is 11.3 Å². The molecule has 74 valence electrons. The summed E-state index contributed by atoms with van der Waals surface area (Å²) in [7, 11) is 1.75. The highest BCUT2D eigenvalue weighted by Gasteiger charge is 2.20. The Bertz CT molecular complexity index is 261. The Morgan fingerprint density at radius 2 is 2.38 bits per heavy atom. The van der Waals surface area contributed by atoms with Crippen molar-refractivity contribution in [3.63, 3.8) is 0 Å². The molecule has 0 aliphatic carbocycles. The molecule has 0 spiro atoms. The summed E-state index contributed by atoms with van der Waals surface area (Å²) >= 11 is 0. The van der Waals surface area contributed by atoms with Crippen LogP contribution in [0.15, 0.2) is 12.4 Å². The summed E-state index contributed by atoms with van der Waals surface area (Å²) in [5.41, 5.74) is 2.06. The van der Waals surface area contributed by atoms with E-state index in [1.54, 1.807) is 24.0 Å². The average molecular weight is 190 g/mol. The molecule has 0 aliphatic rings. The molecule has 0 bridgehead atoms. The lowest BCUT2D eigenvalue weighted by molar-refractivity contribution is 0.0972. The highest BCUT2D eigenvalue weighted by atomic mass is 19.3. The molecule has 0 radical (unpaired) electrons. The highest BCUT2D eigenvalue weighted by Crippen LogP contribution is 2.06. The highest BCUT2D eigenvalue weighted by molar-refractivity contribution is 4.94. The van der Waals surface area contributed by atoms with Gasteiger partial charge in [0.1, 0.15) is 5.82 Å². The number of halogens is 2. The van der Waals surface area contributed by atoms with Crippen LogP contribution >= 0.6 is 0 Å². The summed E-state index contributed by atoms with van der Waals surface area (Å²) in [6, 6.07) is -1.04. The second-order valence-corrected chi connectivity index (χ2v) is 2.77. The molecule has 13 heavy (non-hydrogen) atoms. The summed E-state index contributed by atoms with van der Waals surface area (Å²) < 4.78 is 26.2. The Balaban J connectivity index is 2.62. The van der Waals surface area contributed by atoms with Crippen molar-refractivity contribution in [1.82, 2.24) is 15.0 Å². The van der Waals surface area contributed by atoms with Crippen molar-refractivity contribution in [3.05, 3.63) is 18.2 Å². The molecule has 0 fully saturated rings. The van der Waals surface area contributed by atoms with Crippen molar-refractivity contribution in [2.24, 2.45) is 12.9 Å². The van der Waals surface area contributed by atoms with Crippen molar-refractivity contribution in [2.75, 3.05) is 0 Å². The molecule has 1 rings (SSSR count). The van der Waals surface area contributed by atoms with E-state index in [2.05, 4.69) is 10.4 Å². The first-order valence-corrected chi connectivity index (χ1v) is 3.85. The van der Waals surface area contributed by atoms with Crippen LogP contribution in [0.1, 0.15) is 5.82 Å². The summed E-state index contributed by atoms with van der Waals surface area (Å²) in [5.74, 6) is 5.56. The number of hydrogen-bond acceptors (Lipinski definition) is 3. The van der Waals surface area contributed by atoms with Crippen LogP contribution < -0.4 is 11.3 Å². The molecule has 0 aromatic carbocycles. The Hall–Kier alpha value is -1.01. The van der Waals surface area contributed by atoms with E-state index in [1.165, 1.54) is 0 Å². The zero-order chi connectivity index (χ0) is 9.84. The number of nitrogens with two attached hydrogens (primary N) is 1. The number of hydrogen-bond donors (Lipinski definition) is 2. The molecule has 1 unspecified atom stereocenters. The van der Waals surface area contributed by atoms with Crippen molar-refractivity contribution < 1.29 is 8.78 Å². The van der Waals surface area contributed by atoms with Gasteiger partial charge in [-0.2, -0.15) is 0 Å². The maximum atomic E-state index is 12.2. The van der Waals surface area contributed by atoms with Gasteiger partial charge in [-0.15, -0.1) is 0 Å². The van der Waals surface area contributed by atoms with E-state index in [0.29, 0.717) is 5.82 Å². The lowest BCUT2D eigenvalue weighted by atomic mass is 10.2. The average Bonchev–Trinajstić information content (AvgIpc) is 2.46. The quantitative estimate of drug-likeness (QED) is 0.521. The van der Waals surface area contributed by atoms with Gasteiger partial charge in [0.05, 0.1) is 6.04 Å².